The molecule has 1 atom stereocenters. The molecule has 0 aliphatic heterocycles. The van der Waals surface area contributed by atoms with Crippen LogP contribution in [-0.4, -0.2) is 21.6 Å². The van der Waals surface area contributed by atoms with Crippen LogP contribution in [0.25, 0.3) is 5.69 Å². The van der Waals surface area contributed by atoms with Crippen molar-refractivity contribution in [1.29, 1.82) is 0 Å². The van der Waals surface area contributed by atoms with Gasteiger partial charge in [0.05, 0.1) is 5.69 Å². The molecular formula is C18H16N4O2. The molecule has 0 spiro atoms. The number of carbonyl (C=O) groups is 2. The van der Waals surface area contributed by atoms with Crippen molar-refractivity contribution in [2.45, 2.75) is 6.04 Å². The minimum atomic E-state index is -0.902. The van der Waals surface area contributed by atoms with Crippen LogP contribution >= 0.6 is 0 Å². The molecule has 2 amide bonds. The summed E-state index contributed by atoms with van der Waals surface area (Å²) < 4.78 is 1.59. The Hall–Kier alpha value is -3.41. The Morgan fingerprint density at radius 3 is 2.21 bits per heavy atom. The minimum Gasteiger partial charge on any atom is -0.368 e. The zero-order valence-corrected chi connectivity index (χ0v) is 12.8. The summed E-state index contributed by atoms with van der Waals surface area (Å²) in [6.45, 7) is 0. The standard InChI is InChI=1S/C18H16N4O2/c19-17(23)16(13-7-3-1-4-8-13)20-18(24)15-11-12-22(21-15)14-9-5-2-6-10-14/h1-12,16H,(H2,19,23)(H,20,24). The van der Waals surface area contributed by atoms with E-state index in [1.165, 1.54) is 0 Å². The lowest BCUT2D eigenvalue weighted by molar-refractivity contribution is -0.120. The molecule has 1 unspecified atom stereocenters. The fourth-order valence-corrected chi connectivity index (χ4v) is 2.34. The molecule has 6 nitrogen and oxygen atoms in total. The topological polar surface area (TPSA) is 90.0 Å². The van der Waals surface area contributed by atoms with Crippen LogP contribution in [0, 0.1) is 0 Å². The summed E-state index contributed by atoms with van der Waals surface area (Å²) in [5.74, 6) is -1.09. The maximum atomic E-state index is 12.4. The van der Waals surface area contributed by atoms with Crippen LogP contribution in [0.3, 0.4) is 0 Å². The summed E-state index contributed by atoms with van der Waals surface area (Å²) in [5, 5.41) is 6.86. The molecule has 1 heterocycles. The lowest BCUT2D eigenvalue weighted by Gasteiger charge is -2.14. The number of nitrogens with one attached hydrogen (secondary N) is 1. The SMILES string of the molecule is NC(=O)C(NC(=O)c1ccn(-c2ccccc2)n1)c1ccccc1. The van der Waals surface area contributed by atoms with E-state index >= 15 is 0 Å². The number of aromatic nitrogens is 2. The molecule has 2 aromatic carbocycles. The average Bonchev–Trinajstić information content (AvgIpc) is 3.11. The van der Waals surface area contributed by atoms with Crippen molar-refractivity contribution in [2.75, 3.05) is 0 Å². The molecule has 0 radical (unpaired) electrons. The van der Waals surface area contributed by atoms with Crippen LogP contribution in [0.15, 0.2) is 72.9 Å². The summed E-state index contributed by atoms with van der Waals surface area (Å²) in [4.78, 5) is 24.1. The van der Waals surface area contributed by atoms with Gasteiger partial charge in [0, 0.05) is 6.20 Å². The highest BCUT2D eigenvalue weighted by Gasteiger charge is 2.22. The van der Waals surface area contributed by atoms with Crippen LogP contribution in [0.2, 0.25) is 0 Å². The summed E-state index contributed by atoms with van der Waals surface area (Å²) >= 11 is 0. The molecule has 3 N–H and O–H groups in total. The maximum absolute atomic E-state index is 12.4. The average molecular weight is 320 g/mol. The zero-order chi connectivity index (χ0) is 16.9. The molecule has 0 aliphatic rings. The predicted molar refractivity (Wildman–Crippen MR) is 89.4 cm³/mol. The Morgan fingerprint density at radius 1 is 0.958 bits per heavy atom. The van der Waals surface area contributed by atoms with Gasteiger partial charge in [0.25, 0.3) is 5.91 Å². The number of rotatable bonds is 5. The first kappa shape index (κ1) is 15.5. The van der Waals surface area contributed by atoms with Gasteiger partial charge in [-0.05, 0) is 23.8 Å². The van der Waals surface area contributed by atoms with Gasteiger partial charge in [-0.3, -0.25) is 9.59 Å². The zero-order valence-electron chi connectivity index (χ0n) is 12.8. The summed E-state index contributed by atoms with van der Waals surface area (Å²) in [6.07, 6.45) is 1.69. The van der Waals surface area contributed by atoms with Crippen LogP contribution < -0.4 is 11.1 Å². The Balaban J connectivity index is 1.79. The molecule has 0 fully saturated rings. The highest BCUT2D eigenvalue weighted by Crippen LogP contribution is 2.13. The third kappa shape index (κ3) is 3.33. The number of primary amides is 1. The summed E-state index contributed by atoms with van der Waals surface area (Å²) in [5.41, 5.74) is 7.09. The van der Waals surface area contributed by atoms with E-state index in [2.05, 4.69) is 10.4 Å². The van der Waals surface area contributed by atoms with Gasteiger partial charge < -0.3 is 11.1 Å². The van der Waals surface area contributed by atoms with E-state index < -0.39 is 17.9 Å². The van der Waals surface area contributed by atoms with Crippen LogP contribution in [0.4, 0.5) is 0 Å². The van der Waals surface area contributed by atoms with E-state index in [1.54, 1.807) is 41.2 Å². The first-order valence-corrected chi connectivity index (χ1v) is 7.41. The molecule has 120 valence electrons. The minimum absolute atomic E-state index is 0.209. The van der Waals surface area contributed by atoms with Crippen molar-refractivity contribution in [3.8, 4) is 5.69 Å². The van der Waals surface area contributed by atoms with Gasteiger partial charge in [0.2, 0.25) is 5.91 Å². The molecule has 1 aromatic heterocycles. The second-order valence-electron chi connectivity index (χ2n) is 5.20. The molecule has 6 heteroatoms. The smallest absolute Gasteiger partial charge is 0.272 e. The van der Waals surface area contributed by atoms with Crippen molar-refractivity contribution >= 4 is 11.8 Å². The number of hydrogen-bond donors (Lipinski definition) is 2. The second kappa shape index (κ2) is 6.78. The number of hydrogen-bond acceptors (Lipinski definition) is 3. The number of carbonyl (C=O) groups excluding carboxylic acids is 2. The van der Waals surface area contributed by atoms with Crippen molar-refractivity contribution in [1.82, 2.24) is 15.1 Å². The monoisotopic (exact) mass is 320 g/mol. The van der Waals surface area contributed by atoms with E-state index in [4.69, 9.17) is 5.73 Å². The second-order valence-corrected chi connectivity index (χ2v) is 5.20. The highest BCUT2D eigenvalue weighted by molar-refractivity contribution is 5.96. The molecule has 0 saturated heterocycles. The third-order valence-corrected chi connectivity index (χ3v) is 3.54. The van der Waals surface area contributed by atoms with E-state index in [9.17, 15) is 9.59 Å². The first-order valence-electron chi connectivity index (χ1n) is 7.41. The van der Waals surface area contributed by atoms with E-state index in [0.717, 1.165) is 5.69 Å². The lowest BCUT2D eigenvalue weighted by Crippen LogP contribution is -2.37. The number of benzene rings is 2. The number of nitrogens with zero attached hydrogens (tertiary/aromatic N) is 2. The first-order chi connectivity index (χ1) is 11.6. The van der Waals surface area contributed by atoms with Gasteiger partial charge in [-0.2, -0.15) is 5.10 Å². The Kier molecular flexibility index (Phi) is 4.38. The lowest BCUT2D eigenvalue weighted by atomic mass is 10.1. The van der Waals surface area contributed by atoms with E-state index in [-0.39, 0.29) is 5.69 Å². The Labute approximate surface area is 138 Å². The quantitative estimate of drug-likeness (QED) is 0.751. The molecule has 3 rings (SSSR count). The van der Waals surface area contributed by atoms with Crippen LogP contribution in [0.1, 0.15) is 22.1 Å². The molecule has 24 heavy (non-hydrogen) atoms. The highest BCUT2D eigenvalue weighted by atomic mass is 16.2. The molecule has 0 bridgehead atoms. The van der Waals surface area contributed by atoms with E-state index in [1.807, 2.05) is 36.4 Å². The van der Waals surface area contributed by atoms with Gasteiger partial charge in [-0.1, -0.05) is 48.5 Å². The van der Waals surface area contributed by atoms with Crippen LogP contribution in [0.5, 0.6) is 0 Å². The van der Waals surface area contributed by atoms with Crippen molar-refractivity contribution < 1.29 is 9.59 Å². The molecule has 0 aliphatic carbocycles. The molecule has 3 aromatic rings. The molecule has 0 saturated carbocycles. The maximum Gasteiger partial charge on any atom is 0.272 e. The van der Waals surface area contributed by atoms with Gasteiger partial charge in [-0.15, -0.1) is 0 Å². The van der Waals surface area contributed by atoms with Gasteiger partial charge in [0.15, 0.2) is 5.69 Å². The number of amides is 2. The van der Waals surface area contributed by atoms with Crippen molar-refractivity contribution in [3.63, 3.8) is 0 Å². The Morgan fingerprint density at radius 2 is 1.58 bits per heavy atom. The Bertz CT molecular complexity index is 844. The number of para-hydroxylation sites is 1. The largest absolute Gasteiger partial charge is 0.368 e. The molecular weight excluding hydrogens is 304 g/mol. The fourth-order valence-electron chi connectivity index (χ4n) is 2.34. The normalized spacial score (nSPS) is 11.7. The van der Waals surface area contributed by atoms with Gasteiger partial charge in [-0.25, -0.2) is 4.68 Å². The van der Waals surface area contributed by atoms with Crippen molar-refractivity contribution in [2.24, 2.45) is 5.73 Å². The fraction of sp³-hybridized carbons (Fsp3) is 0.0556. The van der Waals surface area contributed by atoms with E-state index in [0.29, 0.717) is 5.56 Å². The summed E-state index contributed by atoms with van der Waals surface area (Å²) in [7, 11) is 0. The van der Waals surface area contributed by atoms with Gasteiger partial charge >= 0.3 is 0 Å². The summed E-state index contributed by atoms with van der Waals surface area (Å²) in [6, 6.07) is 19.0. The van der Waals surface area contributed by atoms with Gasteiger partial charge in [0.1, 0.15) is 6.04 Å². The predicted octanol–water partition coefficient (Wildman–Crippen LogP) is 1.83. The van der Waals surface area contributed by atoms with Crippen LogP contribution in [-0.2, 0) is 4.79 Å². The number of nitrogens with two attached hydrogens (primary N) is 1. The van der Waals surface area contributed by atoms with Crippen molar-refractivity contribution in [3.05, 3.63) is 84.2 Å². The third-order valence-electron chi connectivity index (χ3n) is 3.54.